The van der Waals surface area contributed by atoms with Crippen molar-refractivity contribution >= 4 is 17.5 Å². The Morgan fingerprint density at radius 1 is 1.25 bits per heavy atom. The van der Waals surface area contributed by atoms with Gasteiger partial charge in [-0.2, -0.15) is 0 Å². The molecule has 20 heavy (non-hydrogen) atoms. The van der Waals surface area contributed by atoms with E-state index in [9.17, 15) is 4.79 Å². The maximum Gasteiger partial charge on any atom is 0.251 e. The molecule has 0 spiro atoms. The number of aryl methyl sites for hydroxylation is 1. The summed E-state index contributed by atoms with van der Waals surface area (Å²) in [5, 5.41) is 12.1. The number of pyridine rings is 1. The number of amides is 1. The zero-order valence-electron chi connectivity index (χ0n) is 11.1. The lowest BCUT2D eigenvalue weighted by molar-refractivity contribution is 0.0950. The molecule has 0 aliphatic carbocycles. The van der Waals surface area contributed by atoms with Gasteiger partial charge in [0.25, 0.3) is 5.91 Å². The highest BCUT2D eigenvalue weighted by molar-refractivity contribution is 6.29. The molecule has 2 rings (SSSR count). The Morgan fingerprint density at radius 3 is 2.50 bits per heavy atom. The van der Waals surface area contributed by atoms with Crippen LogP contribution in [0.2, 0.25) is 5.15 Å². The molecule has 4 nitrogen and oxygen atoms in total. The third kappa shape index (κ3) is 3.79. The number of hydrogen-bond donors (Lipinski definition) is 2. The summed E-state index contributed by atoms with van der Waals surface area (Å²) < 4.78 is 0. The highest BCUT2D eigenvalue weighted by atomic mass is 35.5. The van der Waals surface area contributed by atoms with Gasteiger partial charge >= 0.3 is 0 Å². The van der Waals surface area contributed by atoms with Crippen LogP contribution in [0.3, 0.4) is 0 Å². The first-order chi connectivity index (χ1) is 9.58. The second-order valence-electron chi connectivity index (χ2n) is 4.48. The SMILES string of the molecule is Cc1cc(C(=O)NCc2ccc(CO)cc2)cc(Cl)n1. The number of halogens is 1. The minimum Gasteiger partial charge on any atom is -0.392 e. The Morgan fingerprint density at radius 2 is 1.90 bits per heavy atom. The summed E-state index contributed by atoms with van der Waals surface area (Å²) in [6.07, 6.45) is 0. The standard InChI is InChI=1S/C15H15ClN2O2/c1-10-6-13(7-14(16)18-10)15(20)17-8-11-2-4-12(9-19)5-3-11/h2-7,19H,8-9H2,1H3,(H,17,20). The number of aliphatic hydroxyl groups is 1. The van der Waals surface area contributed by atoms with E-state index < -0.39 is 0 Å². The molecule has 0 saturated carbocycles. The van der Waals surface area contributed by atoms with Crippen LogP contribution in [-0.2, 0) is 13.2 Å². The van der Waals surface area contributed by atoms with Crippen molar-refractivity contribution in [3.05, 3.63) is 63.9 Å². The van der Waals surface area contributed by atoms with E-state index in [0.29, 0.717) is 23.0 Å². The highest BCUT2D eigenvalue weighted by Gasteiger charge is 2.07. The van der Waals surface area contributed by atoms with Crippen LogP contribution < -0.4 is 5.32 Å². The molecule has 2 aromatic rings. The van der Waals surface area contributed by atoms with E-state index in [2.05, 4.69) is 10.3 Å². The average molecular weight is 291 g/mol. The number of carbonyl (C=O) groups excluding carboxylic acids is 1. The van der Waals surface area contributed by atoms with Gasteiger partial charge in [0.15, 0.2) is 0 Å². The van der Waals surface area contributed by atoms with Crippen LogP contribution in [0.1, 0.15) is 27.2 Å². The largest absolute Gasteiger partial charge is 0.392 e. The van der Waals surface area contributed by atoms with Gasteiger partial charge in [-0.1, -0.05) is 35.9 Å². The number of aliphatic hydroxyl groups excluding tert-OH is 1. The van der Waals surface area contributed by atoms with Gasteiger partial charge in [-0.15, -0.1) is 0 Å². The molecule has 0 saturated heterocycles. The van der Waals surface area contributed by atoms with Crippen molar-refractivity contribution < 1.29 is 9.90 Å². The minimum absolute atomic E-state index is 0.0153. The number of hydrogen-bond acceptors (Lipinski definition) is 3. The third-order valence-electron chi connectivity index (χ3n) is 2.84. The first kappa shape index (κ1) is 14.5. The van der Waals surface area contributed by atoms with Gasteiger partial charge < -0.3 is 10.4 Å². The van der Waals surface area contributed by atoms with Gasteiger partial charge in [0.2, 0.25) is 0 Å². The summed E-state index contributed by atoms with van der Waals surface area (Å²) >= 11 is 5.83. The number of aromatic nitrogens is 1. The fraction of sp³-hybridized carbons (Fsp3) is 0.200. The molecule has 1 heterocycles. The molecule has 0 radical (unpaired) electrons. The molecule has 104 valence electrons. The maximum atomic E-state index is 12.0. The predicted octanol–water partition coefficient (Wildman–Crippen LogP) is 2.47. The Bertz CT molecular complexity index is 592. The number of rotatable bonds is 4. The lowest BCUT2D eigenvalue weighted by atomic mass is 10.1. The average Bonchev–Trinajstić information content (AvgIpc) is 2.44. The number of nitrogens with zero attached hydrogens (tertiary/aromatic N) is 1. The highest BCUT2D eigenvalue weighted by Crippen LogP contribution is 2.11. The molecular weight excluding hydrogens is 276 g/mol. The molecule has 0 bridgehead atoms. The molecule has 0 aliphatic heterocycles. The molecule has 0 fully saturated rings. The van der Waals surface area contributed by atoms with Crippen LogP contribution in [-0.4, -0.2) is 16.0 Å². The van der Waals surface area contributed by atoms with E-state index in [1.807, 2.05) is 24.3 Å². The van der Waals surface area contributed by atoms with Gasteiger partial charge in [0, 0.05) is 17.8 Å². The van der Waals surface area contributed by atoms with Crippen molar-refractivity contribution in [2.75, 3.05) is 0 Å². The van der Waals surface area contributed by atoms with Gasteiger partial charge in [0.1, 0.15) is 5.15 Å². The van der Waals surface area contributed by atoms with Crippen molar-refractivity contribution in [2.24, 2.45) is 0 Å². The second-order valence-corrected chi connectivity index (χ2v) is 4.86. The quantitative estimate of drug-likeness (QED) is 0.850. The van der Waals surface area contributed by atoms with Crippen LogP contribution in [0.25, 0.3) is 0 Å². The summed E-state index contributed by atoms with van der Waals surface area (Å²) in [6.45, 7) is 2.22. The van der Waals surface area contributed by atoms with Crippen LogP contribution in [0, 0.1) is 6.92 Å². The zero-order valence-corrected chi connectivity index (χ0v) is 11.8. The third-order valence-corrected chi connectivity index (χ3v) is 3.04. The number of nitrogens with one attached hydrogen (secondary N) is 1. The van der Waals surface area contributed by atoms with Gasteiger partial charge in [0.05, 0.1) is 6.61 Å². The summed E-state index contributed by atoms with van der Waals surface area (Å²) in [4.78, 5) is 16.0. The van der Waals surface area contributed by atoms with Crippen molar-refractivity contribution in [1.82, 2.24) is 10.3 Å². The lowest BCUT2D eigenvalue weighted by Gasteiger charge is -2.07. The molecule has 1 aromatic carbocycles. The van der Waals surface area contributed by atoms with E-state index in [4.69, 9.17) is 16.7 Å². The van der Waals surface area contributed by atoms with E-state index in [1.54, 1.807) is 19.1 Å². The molecule has 1 aromatic heterocycles. The number of benzene rings is 1. The number of carbonyl (C=O) groups is 1. The van der Waals surface area contributed by atoms with E-state index in [0.717, 1.165) is 11.1 Å². The minimum atomic E-state index is -0.191. The summed E-state index contributed by atoms with van der Waals surface area (Å²) in [6, 6.07) is 10.6. The molecule has 2 N–H and O–H groups in total. The normalized spacial score (nSPS) is 10.3. The van der Waals surface area contributed by atoms with Crippen molar-refractivity contribution in [1.29, 1.82) is 0 Å². The Hall–Kier alpha value is -1.91. The van der Waals surface area contributed by atoms with Crippen LogP contribution in [0.4, 0.5) is 0 Å². The zero-order chi connectivity index (χ0) is 14.5. The predicted molar refractivity (Wildman–Crippen MR) is 77.5 cm³/mol. The van der Waals surface area contributed by atoms with E-state index >= 15 is 0 Å². The van der Waals surface area contributed by atoms with Crippen LogP contribution in [0.5, 0.6) is 0 Å². The summed E-state index contributed by atoms with van der Waals surface area (Å²) in [5.74, 6) is -0.191. The smallest absolute Gasteiger partial charge is 0.251 e. The molecule has 1 amide bonds. The van der Waals surface area contributed by atoms with Crippen LogP contribution >= 0.6 is 11.6 Å². The molecule has 0 aliphatic rings. The Kier molecular flexibility index (Phi) is 4.71. The van der Waals surface area contributed by atoms with Crippen molar-refractivity contribution in [2.45, 2.75) is 20.1 Å². The van der Waals surface area contributed by atoms with Gasteiger partial charge in [-0.05, 0) is 30.2 Å². The van der Waals surface area contributed by atoms with E-state index in [1.165, 1.54) is 0 Å². The fourth-order valence-corrected chi connectivity index (χ4v) is 2.06. The Labute approximate surface area is 122 Å². The molecule has 0 atom stereocenters. The topological polar surface area (TPSA) is 62.2 Å². The Balaban J connectivity index is 2.00. The summed E-state index contributed by atoms with van der Waals surface area (Å²) in [5.41, 5.74) is 3.01. The molecule has 5 heteroatoms. The molecular formula is C15H15ClN2O2. The maximum absolute atomic E-state index is 12.0. The lowest BCUT2D eigenvalue weighted by Crippen LogP contribution is -2.23. The summed E-state index contributed by atoms with van der Waals surface area (Å²) in [7, 11) is 0. The first-order valence-electron chi connectivity index (χ1n) is 6.19. The first-order valence-corrected chi connectivity index (χ1v) is 6.57. The van der Waals surface area contributed by atoms with Crippen LogP contribution in [0.15, 0.2) is 36.4 Å². The fourth-order valence-electron chi connectivity index (χ4n) is 1.81. The second kappa shape index (κ2) is 6.50. The van der Waals surface area contributed by atoms with Gasteiger partial charge in [-0.3, -0.25) is 4.79 Å². The monoisotopic (exact) mass is 290 g/mol. The molecule has 0 unspecified atom stereocenters. The van der Waals surface area contributed by atoms with Crippen molar-refractivity contribution in [3.63, 3.8) is 0 Å². The van der Waals surface area contributed by atoms with Gasteiger partial charge in [-0.25, -0.2) is 4.98 Å². The van der Waals surface area contributed by atoms with E-state index in [-0.39, 0.29) is 12.5 Å². The van der Waals surface area contributed by atoms with Crippen molar-refractivity contribution in [3.8, 4) is 0 Å².